The van der Waals surface area contributed by atoms with Crippen molar-refractivity contribution in [2.45, 2.75) is 26.3 Å². The summed E-state index contributed by atoms with van der Waals surface area (Å²) in [7, 11) is 0. The van der Waals surface area contributed by atoms with Gasteiger partial charge in [-0.1, -0.05) is 23.8 Å². The van der Waals surface area contributed by atoms with Crippen LogP contribution in [0, 0.1) is 12.8 Å². The molecule has 1 N–H and O–H groups in total. The minimum atomic E-state index is -0.393. The molecule has 0 atom stereocenters. The van der Waals surface area contributed by atoms with Gasteiger partial charge in [-0.15, -0.1) is 0 Å². The number of aryl methyl sites for hydroxylation is 1. The maximum Gasteiger partial charge on any atom is 0.264 e. The molecule has 1 fully saturated rings. The molecule has 1 saturated heterocycles. The standard InChI is InChI=1S/C21H23N5O2/c1-15-4-2-5-17(12-15)19-22-13-18(20(27)24-19)21(28)25-10-6-16(7-11-25)14-26-9-3-8-23-26/h2-5,8-9,12-13,16H,6-7,10-11,14H2,1H3,(H,22,24,27). The molecule has 0 saturated carbocycles. The molecule has 0 spiro atoms. The number of benzene rings is 1. The van der Waals surface area contributed by atoms with Crippen molar-refractivity contribution >= 4 is 5.91 Å². The topological polar surface area (TPSA) is 83.9 Å². The molecule has 3 aromatic rings. The van der Waals surface area contributed by atoms with Crippen molar-refractivity contribution in [3.05, 3.63) is 70.4 Å². The smallest absolute Gasteiger partial charge is 0.264 e. The molecule has 7 heteroatoms. The maximum atomic E-state index is 12.8. The van der Waals surface area contributed by atoms with Gasteiger partial charge in [0.05, 0.1) is 0 Å². The predicted octanol–water partition coefficient (Wildman–Crippen LogP) is 2.49. The van der Waals surface area contributed by atoms with Gasteiger partial charge in [0.2, 0.25) is 0 Å². The van der Waals surface area contributed by atoms with Gasteiger partial charge in [0.25, 0.3) is 11.5 Å². The van der Waals surface area contributed by atoms with E-state index in [1.165, 1.54) is 6.20 Å². The van der Waals surface area contributed by atoms with Gasteiger partial charge in [-0.3, -0.25) is 14.3 Å². The molecule has 0 bridgehead atoms. The molecule has 0 aliphatic carbocycles. The summed E-state index contributed by atoms with van der Waals surface area (Å²) in [4.78, 5) is 34.1. The molecule has 28 heavy (non-hydrogen) atoms. The summed E-state index contributed by atoms with van der Waals surface area (Å²) < 4.78 is 1.93. The lowest BCUT2D eigenvalue weighted by atomic mass is 9.96. The van der Waals surface area contributed by atoms with Crippen LogP contribution in [0.4, 0.5) is 0 Å². The van der Waals surface area contributed by atoms with Crippen LogP contribution in [0.1, 0.15) is 28.8 Å². The Morgan fingerprint density at radius 2 is 2.07 bits per heavy atom. The van der Waals surface area contributed by atoms with Crippen molar-refractivity contribution < 1.29 is 4.79 Å². The number of hydrogen-bond donors (Lipinski definition) is 1. The van der Waals surface area contributed by atoms with Crippen LogP contribution in [-0.2, 0) is 6.54 Å². The predicted molar refractivity (Wildman–Crippen MR) is 106 cm³/mol. The van der Waals surface area contributed by atoms with Crippen molar-refractivity contribution in [3.8, 4) is 11.4 Å². The maximum absolute atomic E-state index is 12.8. The number of piperidine rings is 1. The Kier molecular flexibility index (Phi) is 5.06. The molecule has 0 radical (unpaired) electrons. The Bertz CT molecular complexity index is 1020. The van der Waals surface area contributed by atoms with E-state index in [1.807, 2.05) is 48.1 Å². The summed E-state index contributed by atoms with van der Waals surface area (Å²) in [5, 5.41) is 4.24. The average Bonchev–Trinajstić information content (AvgIpc) is 3.21. The number of amides is 1. The van der Waals surface area contributed by atoms with Gasteiger partial charge in [0.1, 0.15) is 11.4 Å². The molecular formula is C21H23N5O2. The summed E-state index contributed by atoms with van der Waals surface area (Å²) >= 11 is 0. The van der Waals surface area contributed by atoms with Crippen LogP contribution in [0.15, 0.2) is 53.7 Å². The normalized spacial score (nSPS) is 15.0. The highest BCUT2D eigenvalue weighted by atomic mass is 16.2. The third-order valence-electron chi connectivity index (χ3n) is 5.23. The van der Waals surface area contributed by atoms with E-state index in [0.29, 0.717) is 24.8 Å². The summed E-state index contributed by atoms with van der Waals surface area (Å²) in [6.07, 6.45) is 6.93. The number of likely N-dealkylation sites (tertiary alicyclic amines) is 1. The Morgan fingerprint density at radius 3 is 2.75 bits per heavy atom. The van der Waals surface area contributed by atoms with Crippen LogP contribution in [0.5, 0.6) is 0 Å². The van der Waals surface area contributed by atoms with Crippen LogP contribution in [0.2, 0.25) is 0 Å². The van der Waals surface area contributed by atoms with E-state index in [1.54, 1.807) is 11.1 Å². The highest BCUT2D eigenvalue weighted by molar-refractivity contribution is 5.93. The number of aromatic amines is 1. The zero-order valence-corrected chi connectivity index (χ0v) is 15.8. The molecule has 4 rings (SSSR count). The van der Waals surface area contributed by atoms with Crippen molar-refractivity contribution in [3.63, 3.8) is 0 Å². The van der Waals surface area contributed by atoms with Crippen molar-refractivity contribution in [2.75, 3.05) is 13.1 Å². The van der Waals surface area contributed by atoms with E-state index >= 15 is 0 Å². The largest absolute Gasteiger partial charge is 0.338 e. The van der Waals surface area contributed by atoms with E-state index in [-0.39, 0.29) is 11.5 Å². The second-order valence-corrected chi connectivity index (χ2v) is 7.31. The van der Waals surface area contributed by atoms with Gasteiger partial charge in [-0.2, -0.15) is 5.10 Å². The Morgan fingerprint density at radius 1 is 1.25 bits per heavy atom. The Labute approximate surface area is 163 Å². The molecule has 144 valence electrons. The quantitative estimate of drug-likeness (QED) is 0.757. The molecule has 1 aliphatic rings. The molecule has 7 nitrogen and oxygen atoms in total. The van der Waals surface area contributed by atoms with Gasteiger partial charge in [0, 0.05) is 43.8 Å². The number of carbonyl (C=O) groups excluding carboxylic acids is 1. The number of nitrogens with one attached hydrogen (secondary N) is 1. The lowest BCUT2D eigenvalue weighted by Gasteiger charge is -2.31. The van der Waals surface area contributed by atoms with Crippen LogP contribution in [0.25, 0.3) is 11.4 Å². The van der Waals surface area contributed by atoms with Crippen molar-refractivity contribution in [1.82, 2.24) is 24.6 Å². The monoisotopic (exact) mass is 377 g/mol. The van der Waals surface area contributed by atoms with E-state index in [4.69, 9.17) is 0 Å². The van der Waals surface area contributed by atoms with Gasteiger partial charge in [-0.05, 0) is 37.8 Å². The fourth-order valence-electron chi connectivity index (χ4n) is 3.65. The zero-order chi connectivity index (χ0) is 19.5. The number of H-pyrrole nitrogens is 1. The number of hydrogen-bond acceptors (Lipinski definition) is 4. The minimum Gasteiger partial charge on any atom is -0.338 e. The average molecular weight is 377 g/mol. The first-order valence-corrected chi connectivity index (χ1v) is 9.53. The summed E-state index contributed by atoms with van der Waals surface area (Å²) in [6.45, 7) is 4.13. The fourth-order valence-corrected chi connectivity index (χ4v) is 3.65. The first kappa shape index (κ1) is 18.2. The van der Waals surface area contributed by atoms with E-state index in [0.717, 1.165) is 30.5 Å². The zero-order valence-electron chi connectivity index (χ0n) is 15.8. The fraction of sp³-hybridized carbons (Fsp3) is 0.333. The SMILES string of the molecule is Cc1cccc(-c2ncc(C(=O)N3CCC(Cn4cccn4)CC3)c(=O)[nH]2)c1. The molecule has 0 unspecified atom stereocenters. The van der Waals surface area contributed by atoms with E-state index in [2.05, 4.69) is 15.1 Å². The van der Waals surface area contributed by atoms with Crippen molar-refractivity contribution in [2.24, 2.45) is 5.92 Å². The summed E-state index contributed by atoms with van der Waals surface area (Å²) in [5.74, 6) is 0.717. The third-order valence-corrected chi connectivity index (χ3v) is 5.23. The van der Waals surface area contributed by atoms with E-state index < -0.39 is 5.56 Å². The minimum absolute atomic E-state index is 0.0990. The van der Waals surface area contributed by atoms with Crippen LogP contribution in [-0.4, -0.2) is 43.6 Å². The van der Waals surface area contributed by atoms with Gasteiger partial charge in [0.15, 0.2) is 0 Å². The first-order chi connectivity index (χ1) is 13.6. The second-order valence-electron chi connectivity index (χ2n) is 7.31. The molecule has 3 heterocycles. The van der Waals surface area contributed by atoms with Gasteiger partial charge >= 0.3 is 0 Å². The number of aromatic nitrogens is 4. The van der Waals surface area contributed by atoms with Gasteiger partial charge in [-0.25, -0.2) is 4.98 Å². The number of rotatable bonds is 4. The van der Waals surface area contributed by atoms with Crippen LogP contribution < -0.4 is 5.56 Å². The Hall–Kier alpha value is -3.22. The molecule has 1 aromatic carbocycles. The van der Waals surface area contributed by atoms with E-state index in [9.17, 15) is 9.59 Å². The van der Waals surface area contributed by atoms with Crippen LogP contribution >= 0.6 is 0 Å². The third kappa shape index (κ3) is 3.88. The molecule has 1 amide bonds. The van der Waals surface area contributed by atoms with Crippen LogP contribution in [0.3, 0.4) is 0 Å². The molecule has 1 aliphatic heterocycles. The lowest BCUT2D eigenvalue weighted by molar-refractivity contribution is 0.0679. The first-order valence-electron chi connectivity index (χ1n) is 9.53. The van der Waals surface area contributed by atoms with Crippen molar-refractivity contribution in [1.29, 1.82) is 0 Å². The molecule has 2 aromatic heterocycles. The molecular weight excluding hydrogens is 354 g/mol. The number of carbonyl (C=O) groups is 1. The second kappa shape index (κ2) is 7.80. The van der Waals surface area contributed by atoms with Gasteiger partial charge < -0.3 is 9.88 Å². The summed E-state index contributed by atoms with van der Waals surface area (Å²) in [5.41, 5.74) is 1.62. The lowest BCUT2D eigenvalue weighted by Crippen LogP contribution is -2.41. The Balaban J connectivity index is 1.43. The highest BCUT2D eigenvalue weighted by Crippen LogP contribution is 2.20. The summed E-state index contributed by atoms with van der Waals surface area (Å²) in [6, 6.07) is 9.65. The number of nitrogens with zero attached hydrogens (tertiary/aromatic N) is 4. The highest BCUT2D eigenvalue weighted by Gasteiger charge is 2.25.